The largest absolute Gasteiger partial charge is 0.394 e. The molecular formula is C24H26Cl2N4O5. The molecule has 0 unspecified atom stereocenters. The lowest BCUT2D eigenvalue weighted by Gasteiger charge is -2.19. The lowest BCUT2D eigenvalue weighted by molar-refractivity contribution is 0.00920. The summed E-state index contributed by atoms with van der Waals surface area (Å²) < 4.78 is 17.7. The van der Waals surface area contributed by atoms with Gasteiger partial charge in [0.1, 0.15) is 11.9 Å². The van der Waals surface area contributed by atoms with Gasteiger partial charge in [0.05, 0.1) is 84.6 Å². The summed E-state index contributed by atoms with van der Waals surface area (Å²) in [7, 11) is 0. The fraction of sp³-hybridized carbons (Fsp3) is 0.375. The van der Waals surface area contributed by atoms with Crippen LogP contribution in [0.1, 0.15) is 11.3 Å². The van der Waals surface area contributed by atoms with E-state index in [4.69, 9.17) is 42.5 Å². The van der Waals surface area contributed by atoms with Crippen molar-refractivity contribution in [2.75, 3.05) is 58.1 Å². The summed E-state index contributed by atoms with van der Waals surface area (Å²) in [6.07, 6.45) is 1.46. The van der Waals surface area contributed by atoms with Crippen LogP contribution in [-0.2, 0) is 14.2 Å². The number of anilines is 1. The van der Waals surface area contributed by atoms with Crippen LogP contribution in [0.4, 0.5) is 5.82 Å². The highest BCUT2D eigenvalue weighted by Crippen LogP contribution is 2.33. The zero-order valence-electron chi connectivity index (χ0n) is 19.2. The summed E-state index contributed by atoms with van der Waals surface area (Å²) in [4.78, 5) is 17.3. The predicted molar refractivity (Wildman–Crippen MR) is 135 cm³/mol. The predicted octanol–water partition coefficient (Wildman–Crippen LogP) is 3.33. The highest BCUT2D eigenvalue weighted by atomic mass is 35.5. The molecule has 3 aromatic rings. The van der Waals surface area contributed by atoms with Crippen molar-refractivity contribution in [3.8, 4) is 11.8 Å². The fourth-order valence-corrected chi connectivity index (χ4v) is 4.02. The molecule has 35 heavy (non-hydrogen) atoms. The first-order valence-corrected chi connectivity index (χ1v) is 11.7. The number of aliphatic hydroxyl groups is 1. The third-order valence-electron chi connectivity index (χ3n) is 5.02. The van der Waals surface area contributed by atoms with Crippen molar-refractivity contribution in [3.05, 3.63) is 62.0 Å². The molecule has 0 bridgehead atoms. The standard InChI is InChI=1S/C24H26Cl2N4O5/c1-16-13-20(32)21-23(30(16)22-17(14-27)3-2-4-18(22)25)19(26)15-29-24(21)28-5-7-33-9-11-35-12-10-34-8-6-31/h2-4,13,15,31H,5-12H2,1H3,(H,28,29). The summed E-state index contributed by atoms with van der Waals surface area (Å²) >= 11 is 13.0. The number of nitrogens with zero attached hydrogens (tertiary/aromatic N) is 3. The number of fused-ring (bicyclic) bond motifs is 1. The quantitative estimate of drug-likeness (QED) is 0.329. The number of nitriles is 1. The fourth-order valence-electron chi connectivity index (χ4n) is 3.54. The number of aromatic nitrogens is 2. The molecule has 9 nitrogen and oxygen atoms in total. The number of nitrogens with one attached hydrogen (secondary N) is 1. The van der Waals surface area contributed by atoms with Gasteiger partial charge < -0.3 is 29.2 Å². The minimum Gasteiger partial charge on any atom is -0.394 e. The van der Waals surface area contributed by atoms with Gasteiger partial charge in [0.25, 0.3) is 0 Å². The summed E-state index contributed by atoms with van der Waals surface area (Å²) in [5.41, 5.74) is 1.54. The van der Waals surface area contributed by atoms with Gasteiger partial charge >= 0.3 is 0 Å². The maximum Gasteiger partial charge on any atom is 0.193 e. The van der Waals surface area contributed by atoms with Crippen LogP contribution in [-0.4, -0.2) is 67.5 Å². The van der Waals surface area contributed by atoms with E-state index in [1.807, 2.05) is 0 Å². The van der Waals surface area contributed by atoms with E-state index in [-0.39, 0.29) is 22.4 Å². The van der Waals surface area contributed by atoms with Crippen molar-refractivity contribution < 1.29 is 19.3 Å². The first-order chi connectivity index (χ1) is 17.0. The number of halogens is 2. The Hall–Kier alpha value is -2.71. The summed E-state index contributed by atoms with van der Waals surface area (Å²) in [6.45, 7) is 4.43. The Balaban J connectivity index is 1.75. The zero-order chi connectivity index (χ0) is 25.2. The van der Waals surface area contributed by atoms with Crippen molar-refractivity contribution in [1.29, 1.82) is 5.26 Å². The van der Waals surface area contributed by atoms with Crippen LogP contribution in [0.25, 0.3) is 16.6 Å². The molecule has 0 aliphatic rings. The van der Waals surface area contributed by atoms with Gasteiger partial charge in [0.15, 0.2) is 5.43 Å². The van der Waals surface area contributed by atoms with Crippen LogP contribution >= 0.6 is 23.2 Å². The van der Waals surface area contributed by atoms with Gasteiger partial charge in [-0.05, 0) is 19.1 Å². The van der Waals surface area contributed by atoms with Crippen molar-refractivity contribution >= 4 is 39.9 Å². The van der Waals surface area contributed by atoms with Gasteiger partial charge in [-0.1, -0.05) is 29.3 Å². The normalized spacial score (nSPS) is 11.1. The number of hydrogen-bond acceptors (Lipinski definition) is 8. The molecule has 0 aliphatic heterocycles. The zero-order valence-corrected chi connectivity index (χ0v) is 20.7. The van der Waals surface area contributed by atoms with Gasteiger partial charge in [-0.2, -0.15) is 5.26 Å². The second kappa shape index (κ2) is 13.4. The highest BCUT2D eigenvalue weighted by molar-refractivity contribution is 6.36. The topological polar surface area (TPSA) is 119 Å². The Morgan fingerprint density at radius 1 is 1.09 bits per heavy atom. The number of para-hydroxylation sites is 1. The molecule has 0 spiro atoms. The van der Waals surface area contributed by atoms with E-state index in [9.17, 15) is 10.1 Å². The number of aryl methyl sites for hydroxylation is 1. The van der Waals surface area contributed by atoms with Crippen LogP contribution in [0.3, 0.4) is 0 Å². The molecule has 0 atom stereocenters. The van der Waals surface area contributed by atoms with Crippen molar-refractivity contribution in [2.24, 2.45) is 0 Å². The molecule has 0 amide bonds. The molecule has 186 valence electrons. The number of aliphatic hydroxyl groups excluding tert-OH is 1. The number of hydrogen-bond donors (Lipinski definition) is 2. The van der Waals surface area contributed by atoms with E-state index in [0.717, 1.165) is 0 Å². The summed E-state index contributed by atoms with van der Waals surface area (Å²) in [5, 5.41) is 22.3. The average Bonchev–Trinajstić information content (AvgIpc) is 2.84. The van der Waals surface area contributed by atoms with E-state index in [0.29, 0.717) is 79.5 Å². The van der Waals surface area contributed by atoms with E-state index >= 15 is 0 Å². The molecule has 0 fully saturated rings. The minimum atomic E-state index is -0.255. The van der Waals surface area contributed by atoms with Crippen LogP contribution in [0.15, 0.2) is 35.3 Å². The monoisotopic (exact) mass is 520 g/mol. The van der Waals surface area contributed by atoms with Gasteiger partial charge in [-0.25, -0.2) is 4.98 Å². The van der Waals surface area contributed by atoms with E-state index < -0.39 is 0 Å². The van der Waals surface area contributed by atoms with Crippen molar-refractivity contribution in [2.45, 2.75) is 6.92 Å². The first-order valence-electron chi connectivity index (χ1n) is 11.0. The molecular weight excluding hydrogens is 495 g/mol. The molecule has 0 saturated heterocycles. The molecule has 3 rings (SSSR count). The molecule has 0 saturated carbocycles. The van der Waals surface area contributed by atoms with Crippen LogP contribution in [0, 0.1) is 18.3 Å². The molecule has 11 heteroatoms. The maximum absolute atomic E-state index is 13.0. The lowest BCUT2D eigenvalue weighted by atomic mass is 10.1. The SMILES string of the molecule is Cc1cc(=O)c2c(NCCOCCOCCOCCO)ncc(Cl)c2n1-c1c(Cl)cccc1C#N. The molecule has 2 aromatic heterocycles. The first kappa shape index (κ1) is 26.9. The Morgan fingerprint density at radius 2 is 1.77 bits per heavy atom. The Labute approximate surface area is 212 Å². The van der Waals surface area contributed by atoms with Gasteiger partial charge in [-0.15, -0.1) is 0 Å². The van der Waals surface area contributed by atoms with E-state index in [1.165, 1.54) is 12.3 Å². The molecule has 2 N–H and O–H groups in total. The Morgan fingerprint density at radius 3 is 2.46 bits per heavy atom. The molecule has 0 aliphatic carbocycles. The summed E-state index contributed by atoms with van der Waals surface area (Å²) in [6, 6.07) is 8.64. The number of benzene rings is 1. The molecule has 0 radical (unpaired) electrons. The minimum absolute atomic E-state index is 0.0117. The van der Waals surface area contributed by atoms with Crippen LogP contribution < -0.4 is 10.7 Å². The third-order valence-corrected chi connectivity index (χ3v) is 5.60. The smallest absolute Gasteiger partial charge is 0.193 e. The summed E-state index contributed by atoms with van der Waals surface area (Å²) in [5.74, 6) is 0.356. The number of ether oxygens (including phenoxy) is 3. The van der Waals surface area contributed by atoms with Crippen LogP contribution in [0.5, 0.6) is 0 Å². The number of rotatable bonds is 13. The molecule has 2 heterocycles. The van der Waals surface area contributed by atoms with Crippen LogP contribution in [0.2, 0.25) is 10.0 Å². The maximum atomic E-state index is 13.0. The highest BCUT2D eigenvalue weighted by Gasteiger charge is 2.19. The Kier molecular flexibility index (Phi) is 10.3. The van der Waals surface area contributed by atoms with E-state index in [2.05, 4.69) is 16.4 Å². The van der Waals surface area contributed by atoms with Gasteiger partial charge in [-0.3, -0.25) is 4.79 Å². The molecule has 1 aromatic carbocycles. The average molecular weight is 521 g/mol. The van der Waals surface area contributed by atoms with Crippen molar-refractivity contribution in [3.63, 3.8) is 0 Å². The number of pyridine rings is 2. The van der Waals surface area contributed by atoms with Gasteiger partial charge in [0.2, 0.25) is 0 Å². The second-order valence-corrected chi connectivity index (χ2v) is 8.21. The van der Waals surface area contributed by atoms with Gasteiger partial charge in [0, 0.05) is 18.3 Å². The Bertz CT molecular complexity index is 1260. The van der Waals surface area contributed by atoms with Crippen molar-refractivity contribution in [1.82, 2.24) is 9.55 Å². The second-order valence-electron chi connectivity index (χ2n) is 7.40. The lowest BCUT2D eigenvalue weighted by Crippen LogP contribution is -2.18. The van der Waals surface area contributed by atoms with E-state index in [1.54, 1.807) is 29.7 Å². The third kappa shape index (κ3) is 6.70.